The average Bonchev–Trinajstić information content (AvgIpc) is 2.49. The molecule has 1 aromatic heterocycles. The van der Waals surface area contributed by atoms with Gasteiger partial charge in [0.1, 0.15) is 23.2 Å². The van der Waals surface area contributed by atoms with Crippen molar-refractivity contribution in [3.8, 4) is 5.75 Å². The maximum absolute atomic E-state index is 11.9. The molecule has 0 radical (unpaired) electrons. The van der Waals surface area contributed by atoms with Gasteiger partial charge in [-0.1, -0.05) is 23.8 Å². The fourth-order valence-corrected chi connectivity index (χ4v) is 2.27. The summed E-state index contributed by atoms with van der Waals surface area (Å²) in [5, 5.41) is 3.18. The zero-order chi connectivity index (χ0) is 16.5. The molecule has 2 heterocycles. The number of alkyl carbamates (subject to hydrolysis) is 1. The predicted octanol–water partition coefficient (Wildman–Crippen LogP) is 2.78. The van der Waals surface area contributed by atoms with Crippen LogP contribution >= 0.6 is 23.8 Å². The quantitative estimate of drug-likeness (QED) is 0.791. The minimum atomic E-state index is -0.582. The van der Waals surface area contributed by atoms with Gasteiger partial charge in [-0.3, -0.25) is 0 Å². The lowest BCUT2D eigenvalue weighted by Gasteiger charge is -2.25. The Morgan fingerprint density at radius 1 is 1.59 bits per heavy atom. The molecule has 1 aromatic rings. The van der Waals surface area contributed by atoms with Crippen molar-refractivity contribution >= 4 is 40.7 Å². The molecule has 22 heavy (non-hydrogen) atoms. The normalized spacial score (nSPS) is 18.1. The summed E-state index contributed by atoms with van der Waals surface area (Å²) >= 11 is 11.3. The number of thiocarbonyl (C=S) groups is 1. The van der Waals surface area contributed by atoms with E-state index in [4.69, 9.17) is 33.3 Å². The Hall–Kier alpha value is -1.60. The largest absolute Gasteiger partial charge is 0.487 e. The van der Waals surface area contributed by atoms with E-state index in [1.54, 1.807) is 38.8 Å². The third kappa shape index (κ3) is 3.98. The number of anilines is 1. The Balaban J connectivity index is 2.14. The van der Waals surface area contributed by atoms with E-state index in [1.807, 2.05) is 0 Å². The SMILES string of the molecule is CN1C(=S)[C@@H](NC(=O)OC(C)(C)C)COc2cc(Cl)cnc21. The molecule has 0 saturated heterocycles. The molecule has 0 fully saturated rings. The molecule has 1 aliphatic rings. The summed E-state index contributed by atoms with van der Waals surface area (Å²) in [5.41, 5.74) is -0.582. The van der Waals surface area contributed by atoms with Crippen molar-refractivity contribution in [2.75, 3.05) is 18.6 Å². The molecule has 6 nitrogen and oxygen atoms in total. The minimum Gasteiger partial charge on any atom is -0.487 e. The lowest BCUT2D eigenvalue weighted by atomic mass is 10.2. The zero-order valence-corrected chi connectivity index (χ0v) is 14.4. The Kier molecular flexibility index (Phi) is 4.77. The van der Waals surface area contributed by atoms with Crippen molar-refractivity contribution in [1.82, 2.24) is 10.3 Å². The lowest BCUT2D eigenvalue weighted by molar-refractivity contribution is 0.0508. The summed E-state index contributed by atoms with van der Waals surface area (Å²) in [6.07, 6.45) is 0.971. The molecule has 0 aliphatic carbocycles. The van der Waals surface area contributed by atoms with Crippen LogP contribution in [0.1, 0.15) is 20.8 Å². The predicted molar refractivity (Wildman–Crippen MR) is 88.9 cm³/mol. The zero-order valence-electron chi connectivity index (χ0n) is 12.8. The smallest absolute Gasteiger partial charge is 0.408 e. The molecule has 1 atom stereocenters. The number of hydrogen-bond acceptors (Lipinski definition) is 5. The fraction of sp³-hybridized carbons (Fsp3) is 0.500. The molecule has 2 rings (SSSR count). The Bertz CT molecular complexity index is 603. The van der Waals surface area contributed by atoms with E-state index >= 15 is 0 Å². The van der Waals surface area contributed by atoms with Crippen molar-refractivity contribution in [3.63, 3.8) is 0 Å². The Labute approximate surface area is 139 Å². The molecule has 0 bridgehead atoms. The van der Waals surface area contributed by atoms with Crippen LogP contribution < -0.4 is 15.0 Å². The van der Waals surface area contributed by atoms with Crippen molar-refractivity contribution in [3.05, 3.63) is 17.3 Å². The van der Waals surface area contributed by atoms with Crippen molar-refractivity contribution in [2.45, 2.75) is 32.4 Å². The number of likely N-dealkylation sites (N-methyl/N-ethyl adjacent to an activating group) is 1. The number of amides is 1. The number of halogens is 1. The lowest BCUT2D eigenvalue weighted by Crippen LogP contribution is -2.49. The minimum absolute atomic E-state index is 0.178. The first-order valence-corrected chi connectivity index (χ1v) is 7.51. The highest BCUT2D eigenvalue weighted by Crippen LogP contribution is 2.30. The Morgan fingerprint density at radius 2 is 2.27 bits per heavy atom. The van der Waals surface area contributed by atoms with E-state index in [0.29, 0.717) is 21.6 Å². The number of rotatable bonds is 1. The summed E-state index contributed by atoms with van der Waals surface area (Å²) < 4.78 is 10.9. The van der Waals surface area contributed by atoms with Gasteiger partial charge in [0.05, 0.1) is 5.02 Å². The van der Waals surface area contributed by atoms with Crippen molar-refractivity contribution in [1.29, 1.82) is 0 Å². The molecule has 0 saturated carbocycles. The third-order valence-electron chi connectivity index (χ3n) is 2.84. The van der Waals surface area contributed by atoms with Gasteiger partial charge < -0.3 is 19.7 Å². The second kappa shape index (κ2) is 6.26. The van der Waals surface area contributed by atoms with Gasteiger partial charge in [0.25, 0.3) is 0 Å². The summed E-state index contributed by atoms with van der Waals surface area (Å²) in [6, 6.07) is 1.17. The third-order valence-corrected chi connectivity index (χ3v) is 3.61. The second-order valence-electron chi connectivity index (χ2n) is 5.88. The van der Waals surface area contributed by atoms with Gasteiger partial charge in [0.2, 0.25) is 0 Å². The maximum Gasteiger partial charge on any atom is 0.408 e. The highest BCUT2D eigenvalue weighted by atomic mass is 35.5. The summed E-state index contributed by atoms with van der Waals surface area (Å²) in [4.78, 5) is 18.3. The van der Waals surface area contributed by atoms with Crippen molar-refractivity contribution in [2.24, 2.45) is 0 Å². The molecule has 1 amide bonds. The maximum atomic E-state index is 11.9. The standard InChI is InChI=1S/C14H18ClN3O3S/c1-14(2,3)21-13(19)17-9-7-20-10-5-8(15)6-16-11(10)18(4)12(9)22/h5-6,9H,7H2,1-4H3,(H,17,19)/t9-/m0/s1. The fourth-order valence-electron chi connectivity index (χ4n) is 1.91. The van der Waals surface area contributed by atoms with E-state index < -0.39 is 17.7 Å². The molecule has 8 heteroatoms. The molecule has 0 aromatic carbocycles. The van der Waals surface area contributed by atoms with Gasteiger partial charge in [0.15, 0.2) is 11.6 Å². The molecule has 0 spiro atoms. The highest BCUT2D eigenvalue weighted by molar-refractivity contribution is 7.80. The Morgan fingerprint density at radius 3 is 2.91 bits per heavy atom. The second-order valence-corrected chi connectivity index (χ2v) is 6.74. The number of nitrogens with zero attached hydrogens (tertiary/aromatic N) is 2. The number of carbonyl (C=O) groups excluding carboxylic acids is 1. The van der Waals surface area contributed by atoms with Crippen LogP contribution in [0.5, 0.6) is 5.75 Å². The summed E-state index contributed by atoms with van der Waals surface area (Å²) in [5.74, 6) is 1.08. The topological polar surface area (TPSA) is 63.7 Å². The number of nitrogens with one attached hydrogen (secondary N) is 1. The number of aromatic nitrogens is 1. The number of pyridine rings is 1. The first-order chi connectivity index (χ1) is 10.2. The van der Waals surface area contributed by atoms with E-state index in [0.717, 1.165) is 0 Å². The first-order valence-electron chi connectivity index (χ1n) is 6.73. The van der Waals surface area contributed by atoms with E-state index in [1.165, 1.54) is 6.20 Å². The van der Waals surface area contributed by atoms with Gasteiger partial charge >= 0.3 is 6.09 Å². The summed E-state index contributed by atoms with van der Waals surface area (Å²) in [6.45, 7) is 5.56. The van der Waals surface area contributed by atoms with Crippen LogP contribution in [0.2, 0.25) is 5.02 Å². The monoisotopic (exact) mass is 343 g/mol. The number of fused-ring (bicyclic) bond motifs is 1. The molecule has 120 valence electrons. The van der Waals surface area contributed by atoms with Crippen LogP contribution in [0, 0.1) is 0 Å². The van der Waals surface area contributed by atoms with Crippen LogP contribution in [0.25, 0.3) is 0 Å². The van der Waals surface area contributed by atoms with Gasteiger partial charge in [-0.2, -0.15) is 0 Å². The molecule has 1 N–H and O–H groups in total. The number of hydrogen-bond donors (Lipinski definition) is 1. The molecular formula is C14H18ClN3O3S. The van der Waals surface area contributed by atoms with E-state index in [2.05, 4.69) is 10.3 Å². The summed E-state index contributed by atoms with van der Waals surface area (Å²) in [7, 11) is 1.76. The van der Waals surface area contributed by atoms with E-state index in [9.17, 15) is 4.79 Å². The van der Waals surface area contributed by atoms with E-state index in [-0.39, 0.29) is 6.61 Å². The molecular weight excluding hydrogens is 326 g/mol. The average molecular weight is 344 g/mol. The number of carbonyl (C=O) groups is 1. The van der Waals surface area contributed by atoms with Gasteiger partial charge in [-0.15, -0.1) is 0 Å². The first kappa shape index (κ1) is 16.8. The molecule has 1 aliphatic heterocycles. The van der Waals surface area contributed by atoms with Gasteiger partial charge in [0, 0.05) is 19.3 Å². The highest BCUT2D eigenvalue weighted by Gasteiger charge is 2.29. The van der Waals surface area contributed by atoms with Crippen molar-refractivity contribution < 1.29 is 14.3 Å². The van der Waals surface area contributed by atoms with Crippen LogP contribution in [-0.2, 0) is 4.74 Å². The van der Waals surface area contributed by atoms with Crippen LogP contribution in [-0.4, -0.2) is 41.4 Å². The van der Waals surface area contributed by atoms with Gasteiger partial charge in [-0.05, 0) is 20.8 Å². The number of ether oxygens (including phenoxy) is 2. The van der Waals surface area contributed by atoms with Gasteiger partial charge in [-0.25, -0.2) is 9.78 Å². The van der Waals surface area contributed by atoms with Crippen LogP contribution in [0.15, 0.2) is 12.3 Å². The molecule has 0 unspecified atom stereocenters. The van der Waals surface area contributed by atoms with Crippen LogP contribution in [0.3, 0.4) is 0 Å². The van der Waals surface area contributed by atoms with Crippen LogP contribution in [0.4, 0.5) is 10.6 Å².